The van der Waals surface area contributed by atoms with Crippen LogP contribution in [0.4, 0.5) is 8.78 Å². The van der Waals surface area contributed by atoms with Gasteiger partial charge in [0.15, 0.2) is 0 Å². The molecule has 0 aliphatic carbocycles. The van der Waals surface area contributed by atoms with Crippen LogP contribution in [-0.2, 0) is 6.54 Å². The topological polar surface area (TPSA) is 52.9 Å². The molecule has 0 saturated carbocycles. The summed E-state index contributed by atoms with van der Waals surface area (Å²) in [6.07, 6.45) is 0. The van der Waals surface area contributed by atoms with Crippen molar-refractivity contribution < 1.29 is 13.6 Å². The Kier molecular flexibility index (Phi) is 3.97. The lowest BCUT2D eigenvalue weighted by atomic mass is 9.87. The number of carbonyl (C=O) groups is 1. The number of benzene rings is 3. The van der Waals surface area contributed by atoms with E-state index in [0.717, 1.165) is 22.8 Å². The van der Waals surface area contributed by atoms with Crippen molar-refractivity contribution in [2.75, 3.05) is 0 Å². The molecular weight excluding hydrogens is 346 g/mol. The maximum absolute atomic E-state index is 14.5. The van der Waals surface area contributed by atoms with E-state index in [-0.39, 0.29) is 11.5 Å². The molecule has 4 rings (SSSR count). The van der Waals surface area contributed by atoms with Gasteiger partial charge in [0.2, 0.25) is 0 Å². The summed E-state index contributed by atoms with van der Waals surface area (Å²) in [7, 11) is 0. The largest absolute Gasteiger partial charge is 0.348 e. The SMILES string of the molecule is Cc1c(C#N)cccc1-c1cc2c(cc1-c1ccc(F)cc1F)C(=O)NC2. The molecule has 1 heterocycles. The highest BCUT2D eigenvalue weighted by atomic mass is 19.1. The quantitative estimate of drug-likeness (QED) is 0.719. The maximum atomic E-state index is 14.5. The fraction of sp³-hybridized carbons (Fsp3) is 0.0909. The fourth-order valence-corrected chi connectivity index (χ4v) is 3.48. The minimum Gasteiger partial charge on any atom is -0.348 e. The van der Waals surface area contributed by atoms with Crippen LogP contribution in [0.2, 0.25) is 0 Å². The van der Waals surface area contributed by atoms with E-state index in [1.54, 1.807) is 18.2 Å². The first-order valence-electron chi connectivity index (χ1n) is 8.40. The van der Waals surface area contributed by atoms with Crippen LogP contribution < -0.4 is 5.32 Å². The Morgan fingerprint density at radius 3 is 2.48 bits per heavy atom. The first kappa shape index (κ1) is 16.9. The molecule has 0 aromatic heterocycles. The highest BCUT2D eigenvalue weighted by molar-refractivity contribution is 6.02. The van der Waals surface area contributed by atoms with E-state index in [0.29, 0.717) is 28.8 Å². The van der Waals surface area contributed by atoms with Gasteiger partial charge in [-0.05, 0) is 65.1 Å². The number of fused-ring (bicyclic) bond motifs is 1. The van der Waals surface area contributed by atoms with Crippen molar-refractivity contribution in [3.8, 4) is 28.3 Å². The van der Waals surface area contributed by atoms with Gasteiger partial charge in [-0.2, -0.15) is 5.26 Å². The lowest BCUT2D eigenvalue weighted by Crippen LogP contribution is -2.12. The molecule has 0 fully saturated rings. The van der Waals surface area contributed by atoms with Gasteiger partial charge >= 0.3 is 0 Å². The fourth-order valence-electron chi connectivity index (χ4n) is 3.48. The van der Waals surface area contributed by atoms with E-state index < -0.39 is 11.6 Å². The second kappa shape index (κ2) is 6.33. The second-order valence-electron chi connectivity index (χ2n) is 6.45. The van der Waals surface area contributed by atoms with Gasteiger partial charge in [-0.15, -0.1) is 0 Å². The molecule has 5 heteroatoms. The van der Waals surface area contributed by atoms with Gasteiger partial charge in [-0.3, -0.25) is 4.79 Å². The summed E-state index contributed by atoms with van der Waals surface area (Å²) in [5, 5.41) is 12.1. The summed E-state index contributed by atoms with van der Waals surface area (Å²) in [6, 6.07) is 14.4. The van der Waals surface area contributed by atoms with Crippen LogP contribution in [0, 0.1) is 29.9 Å². The third kappa shape index (κ3) is 2.76. The van der Waals surface area contributed by atoms with Gasteiger partial charge in [0, 0.05) is 23.7 Å². The number of halogens is 2. The van der Waals surface area contributed by atoms with Crippen molar-refractivity contribution in [1.29, 1.82) is 5.26 Å². The van der Waals surface area contributed by atoms with Gasteiger partial charge in [0.25, 0.3) is 5.91 Å². The standard InChI is InChI=1S/C22H14F2N2O/c1-12-13(10-25)3-2-4-16(12)19-7-14-11-26-22(27)18(14)9-20(19)17-6-5-15(23)8-21(17)24/h2-9H,11H2,1H3,(H,26,27). The minimum atomic E-state index is -0.705. The van der Waals surface area contributed by atoms with E-state index in [1.165, 1.54) is 12.1 Å². The monoisotopic (exact) mass is 360 g/mol. The zero-order chi connectivity index (χ0) is 19.1. The van der Waals surface area contributed by atoms with Crippen molar-refractivity contribution >= 4 is 5.91 Å². The van der Waals surface area contributed by atoms with Gasteiger partial charge in [0.05, 0.1) is 11.6 Å². The van der Waals surface area contributed by atoms with Crippen LogP contribution in [0.25, 0.3) is 22.3 Å². The molecule has 0 saturated heterocycles. The van der Waals surface area contributed by atoms with Gasteiger partial charge in [0.1, 0.15) is 11.6 Å². The third-order valence-corrected chi connectivity index (χ3v) is 4.89. The molecule has 3 nitrogen and oxygen atoms in total. The zero-order valence-electron chi connectivity index (χ0n) is 14.4. The molecule has 0 unspecified atom stereocenters. The molecule has 1 aliphatic rings. The first-order valence-corrected chi connectivity index (χ1v) is 8.40. The first-order chi connectivity index (χ1) is 13.0. The van der Waals surface area contributed by atoms with Crippen LogP contribution in [0.3, 0.4) is 0 Å². The van der Waals surface area contributed by atoms with Gasteiger partial charge < -0.3 is 5.32 Å². The Bertz CT molecular complexity index is 1150. The lowest BCUT2D eigenvalue weighted by molar-refractivity contribution is 0.0966. The van der Waals surface area contributed by atoms with Crippen molar-refractivity contribution in [1.82, 2.24) is 5.32 Å². The maximum Gasteiger partial charge on any atom is 0.251 e. The van der Waals surface area contributed by atoms with E-state index in [1.807, 2.05) is 19.1 Å². The molecule has 0 spiro atoms. The Hall–Kier alpha value is -3.52. The Balaban J connectivity index is 2.05. The van der Waals surface area contributed by atoms with Crippen molar-refractivity contribution in [2.45, 2.75) is 13.5 Å². The Morgan fingerprint density at radius 1 is 0.963 bits per heavy atom. The summed E-state index contributed by atoms with van der Waals surface area (Å²) in [5.74, 6) is -1.59. The van der Waals surface area contributed by atoms with Crippen molar-refractivity contribution in [3.05, 3.63) is 82.4 Å². The number of nitrogens with one attached hydrogen (secondary N) is 1. The van der Waals surface area contributed by atoms with E-state index in [9.17, 15) is 18.8 Å². The molecule has 1 N–H and O–H groups in total. The minimum absolute atomic E-state index is 0.204. The number of hydrogen-bond acceptors (Lipinski definition) is 2. The highest BCUT2D eigenvalue weighted by Gasteiger charge is 2.24. The average molecular weight is 360 g/mol. The predicted octanol–water partition coefficient (Wildman–Crippen LogP) is 4.72. The van der Waals surface area contributed by atoms with E-state index in [4.69, 9.17) is 0 Å². The molecule has 1 aliphatic heterocycles. The number of rotatable bonds is 2. The summed E-state index contributed by atoms with van der Waals surface area (Å²) >= 11 is 0. The molecule has 0 radical (unpaired) electrons. The Labute approximate surface area is 154 Å². The summed E-state index contributed by atoms with van der Waals surface area (Å²) in [4.78, 5) is 12.1. The van der Waals surface area contributed by atoms with Crippen LogP contribution in [0.15, 0.2) is 48.5 Å². The molecule has 27 heavy (non-hydrogen) atoms. The lowest BCUT2D eigenvalue weighted by Gasteiger charge is -2.16. The van der Waals surface area contributed by atoms with Gasteiger partial charge in [-0.1, -0.05) is 12.1 Å². The van der Waals surface area contributed by atoms with Crippen LogP contribution in [0.5, 0.6) is 0 Å². The number of nitrogens with zero attached hydrogens (tertiary/aromatic N) is 1. The number of amides is 1. The molecule has 0 atom stereocenters. The average Bonchev–Trinajstić information content (AvgIpc) is 3.01. The van der Waals surface area contributed by atoms with Crippen LogP contribution in [0.1, 0.15) is 27.0 Å². The summed E-state index contributed by atoms with van der Waals surface area (Å²) in [6.45, 7) is 2.22. The zero-order valence-corrected chi connectivity index (χ0v) is 14.4. The predicted molar refractivity (Wildman–Crippen MR) is 97.9 cm³/mol. The van der Waals surface area contributed by atoms with Crippen molar-refractivity contribution in [2.24, 2.45) is 0 Å². The van der Waals surface area contributed by atoms with Crippen LogP contribution >= 0.6 is 0 Å². The van der Waals surface area contributed by atoms with Crippen LogP contribution in [-0.4, -0.2) is 5.91 Å². The molecule has 3 aromatic rings. The number of carbonyl (C=O) groups excluding carboxylic acids is 1. The number of hydrogen-bond donors (Lipinski definition) is 1. The smallest absolute Gasteiger partial charge is 0.251 e. The van der Waals surface area contributed by atoms with Crippen molar-refractivity contribution in [3.63, 3.8) is 0 Å². The highest BCUT2D eigenvalue weighted by Crippen LogP contribution is 2.39. The Morgan fingerprint density at radius 2 is 1.74 bits per heavy atom. The normalized spacial score (nSPS) is 12.4. The molecular formula is C22H14F2N2O. The molecule has 0 bridgehead atoms. The molecule has 3 aromatic carbocycles. The van der Waals surface area contributed by atoms with E-state index >= 15 is 0 Å². The molecule has 1 amide bonds. The summed E-state index contributed by atoms with van der Waals surface area (Å²) < 4.78 is 27.9. The molecule has 132 valence electrons. The third-order valence-electron chi connectivity index (χ3n) is 4.89. The van der Waals surface area contributed by atoms with E-state index in [2.05, 4.69) is 11.4 Å². The van der Waals surface area contributed by atoms with Gasteiger partial charge in [-0.25, -0.2) is 8.78 Å². The second-order valence-corrected chi connectivity index (χ2v) is 6.45. The number of nitriles is 1. The summed E-state index contributed by atoms with van der Waals surface area (Å²) in [5.41, 5.74) is 4.74.